The highest BCUT2D eigenvalue weighted by Gasteiger charge is 2.57. The first-order valence-corrected chi connectivity index (χ1v) is 11.3. The lowest BCUT2D eigenvalue weighted by Crippen LogP contribution is -2.64. The number of carbonyl (C=O) groups is 5. The zero-order chi connectivity index (χ0) is 26.3. The van der Waals surface area contributed by atoms with Crippen LogP contribution in [0.5, 0.6) is 0 Å². The topological polar surface area (TPSA) is 141 Å². The van der Waals surface area contributed by atoms with Crippen molar-refractivity contribution in [2.75, 3.05) is 7.11 Å². The Hall–Kier alpha value is -2.69. The fourth-order valence-corrected chi connectivity index (χ4v) is 2.66. The van der Waals surface area contributed by atoms with Crippen molar-refractivity contribution in [2.45, 2.75) is 86.1 Å². The number of rotatable bonds is 9. The molecule has 0 aromatic heterocycles. The average Bonchev–Trinajstić information content (AvgIpc) is 2.75. The predicted octanol–water partition coefficient (Wildman–Crippen LogP) is 1.79. The summed E-state index contributed by atoms with van der Waals surface area (Å²) in [7, 11) is 1.09. The minimum atomic E-state index is -1.64. The van der Waals surface area contributed by atoms with E-state index < -0.39 is 84.2 Å². The van der Waals surface area contributed by atoms with Gasteiger partial charge < -0.3 is 28.4 Å². The van der Waals surface area contributed by atoms with Crippen LogP contribution in [0, 0.1) is 23.7 Å². The maximum Gasteiger partial charge on any atom is 0.339 e. The molecular formula is C23H36O11. The van der Waals surface area contributed by atoms with Gasteiger partial charge in [0.25, 0.3) is 0 Å². The van der Waals surface area contributed by atoms with Crippen LogP contribution >= 0.6 is 0 Å². The molecule has 5 atom stereocenters. The largest absolute Gasteiger partial charge is 0.467 e. The molecule has 0 aromatic carbocycles. The van der Waals surface area contributed by atoms with E-state index in [0.29, 0.717) is 0 Å². The Morgan fingerprint density at radius 3 is 1.29 bits per heavy atom. The summed E-state index contributed by atoms with van der Waals surface area (Å²) >= 11 is 0. The molecule has 0 N–H and O–H groups in total. The Morgan fingerprint density at radius 2 is 0.912 bits per heavy atom. The van der Waals surface area contributed by atoms with Crippen LogP contribution in [0.15, 0.2) is 0 Å². The highest BCUT2D eigenvalue weighted by atomic mass is 16.7. The van der Waals surface area contributed by atoms with Crippen LogP contribution in [0.4, 0.5) is 0 Å². The van der Waals surface area contributed by atoms with Gasteiger partial charge in [0, 0.05) is 0 Å². The van der Waals surface area contributed by atoms with Crippen LogP contribution in [-0.2, 0) is 52.4 Å². The van der Waals surface area contributed by atoms with Gasteiger partial charge in [0.2, 0.25) is 12.4 Å². The lowest BCUT2D eigenvalue weighted by molar-refractivity contribution is -0.297. The van der Waals surface area contributed by atoms with Crippen molar-refractivity contribution in [3.63, 3.8) is 0 Å². The number of methoxy groups -OCH3 is 1. The Kier molecular flexibility index (Phi) is 10.9. The molecule has 1 rings (SSSR count). The Balaban J connectivity index is 3.61. The van der Waals surface area contributed by atoms with E-state index in [1.54, 1.807) is 55.4 Å². The second-order valence-corrected chi connectivity index (χ2v) is 9.21. The molecule has 1 saturated heterocycles. The highest BCUT2D eigenvalue weighted by Crippen LogP contribution is 2.32. The molecule has 0 saturated carbocycles. The first-order chi connectivity index (χ1) is 15.7. The van der Waals surface area contributed by atoms with E-state index in [-0.39, 0.29) is 0 Å². The summed E-state index contributed by atoms with van der Waals surface area (Å²) < 4.78 is 32.4. The predicted molar refractivity (Wildman–Crippen MR) is 116 cm³/mol. The zero-order valence-electron chi connectivity index (χ0n) is 21.2. The van der Waals surface area contributed by atoms with Crippen molar-refractivity contribution in [1.29, 1.82) is 0 Å². The van der Waals surface area contributed by atoms with Crippen LogP contribution < -0.4 is 0 Å². The van der Waals surface area contributed by atoms with Crippen LogP contribution in [0.1, 0.15) is 55.4 Å². The molecule has 1 fully saturated rings. The second-order valence-electron chi connectivity index (χ2n) is 9.21. The summed E-state index contributed by atoms with van der Waals surface area (Å²) in [4.78, 5) is 62.4. The molecule has 194 valence electrons. The molecule has 0 spiro atoms. The van der Waals surface area contributed by atoms with Crippen molar-refractivity contribution in [3.8, 4) is 0 Å². The fraction of sp³-hybridized carbons (Fsp3) is 0.783. The minimum absolute atomic E-state index is 0.588. The summed E-state index contributed by atoms with van der Waals surface area (Å²) in [5.74, 6) is -6.24. The zero-order valence-corrected chi connectivity index (χ0v) is 21.2. The lowest BCUT2D eigenvalue weighted by Gasteiger charge is -2.43. The van der Waals surface area contributed by atoms with Gasteiger partial charge in [-0.1, -0.05) is 55.4 Å². The summed E-state index contributed by atoms with van der Waals surface area (Å²) in [6.07, 6.45) is -7.85. The van der Waals surface area contributed by atoms with Crippen molar-refractivity contribution in [1.82, 2.24) is 0 Å². The quantitative estimate of drug-likeness (QED) is 0.346. The van der Waals surface area contributed by atoms with E-state index >= 15 is 0 Å². The van der Waals surface area contributed by atoms with Gasteiger partial charge in [0.15, 0.2) is 18.3 Å². The van der Waals surface area contributed by atoms with E-state index in [1.165, 1.54) is 0 Å². The molecule has 11 heteroatoms. The lowest BCUT2D eigenvalue weighted by atomic mass is 9.97. The summed E-state index contributed by atoms with van der Waals surface area (Å²) in [5.41, 5.74) is 0. The normalized spacial score (nSPS) is 24.7. The first-order valence-electron chi connectivity index (χ1n) is 11.3. The number of hydrogen-bond acceptors (Lipinski definition) is 11. The van der Waals surface area contributed by atoms with Gasteiger partial charge in [-0.3, -0.25) is 19.2 Å². The Morgan fingerprint density at radius 1 is 0.559 bits per heavy atom. The molecule has 1 heterocycles. The first kappa shape index (κ1) is 29.3. The van der Waals surface area contributed by atoms with E-state index in [1.807, 2.05) is 0 Å². The third kappa shape index (κ3) is 7.68. The average molecular weight is 489 g/mol. The number of esters is 5. The van der Waals surface area contributed by atoms with Crippen molar-refractivity contribution < 1.29 is 52.4 Å². The molecular weight excluding hydrogens is 452 g/mol. The number of hydrogen-bond donors (Lipinski definition) is 0. The SMILES string of the molecule is COC(=O)[C@H]1O[C@@H](OC(=O)C(C)C)[C@H](OC(=O)C(C)C)[C@@H](OC(=O)C(C)C)[C@@H]1OC(=O)C(C)C. The number of carbonyl (C=O) groups excluding carboxylic acids is 5. The number of ether oxygens (including phenoxy) is 6. The van der Waals surface area contributed by atoms with Crippen LogP contribution in [0.25, 0.3) is 0 Å². The maximum atomic E-state index is 12.6. The molecule has 0 unspecified atom stereocenters. The standard InChI is InChI=1S/C23H36O11/c1-10(2)18(24)30-14-15(31-19(25)11(3)4)17(32-20(26)12(5)6)23(34-21(27)13(7)8)33-16(14)22(28)29-9/h10-17,23H,1-9H3/t14-,15-,16-,17+,23-/m0/s1. The fourth-order valence-electron chi connectivity index (χ4n) is 2.66. The van der Waals surface area contributed by atoms with Gasteiger partial charge in [0.1, 0.15) is 0 Å². The van der Waals surface area contributed by atoms with Crippen molar-refractivity contribution >= 4 is 29.8 Å². The third-order valence-corrected chi connectivity index (χ3v) is 4.80. The van der Waals surface area contributed by atoms with Crippen LogP contribution in [0.2, 0.25) is 0 Å². The summed E-state index contributed by atoms with van der Waals surface area (Å²) in [6, 6.07) is 0. The molecule has 1 aliphatic heterocycles. The van der Waals surface area contributed by atoms with E-state index in [0.717, 1.165) is 7.11 Å². The molecule has 1 aliphatic rings. The molecule has 0 bridgehead atoms. The van der Waals surface area contributed by atoms with Gasteiger partial charge in [-0.05, 0) is 0 Å². The monoisotopic (exact) mass is 488 g/mol. The van der Waals surface area contributed by atoms with Gasteiger partial charge in [0.05, 0.1) is 30.8 Å². The van der Waals surface area contributed by atoms with Gasteiger partial charge in [-0.2, -0.15) is 0 Å². The van der Waals surface area contributed by atoms with Crippen molar-refractivity contribution in [2.24, 2.45) is 23.7 Å². The summed E-state index contributed by atoms with van der Waals surface area (Å²) in [6.45, 7) is 12.6. The third-order valence-electron chi connectivity index (χ3n) is 4.80. The van der Waals surface area contributed by atoms with Crippen LogP contribution in [-0.4, -0.2) is 67.7 Å². The smallest absolute Gasteiger partial charge is 0.339 e. The van der Waals surface area contributed by atoms with Gasteiger partial charge >= 0.3 is 29.8 Å². The minimum Gasteiger partial charge on any atom is -0.467 e. The molecule has 0 aromatic rings. The molecule has 11 nitrogen and oxygen atoms in total. The van der Waals surface area contributed by atoms with E-state index in [9.17, 15) is 24.0 Å². The van der Waals surface area contributed by atoms with Crippen LogP contribution in [0.3, 0.4) is 0 Å². The Bertz CT molecular complexity index is 756. The van der Waals surface area contributed by atoms with Gasteiger partial charge in [-0.15, -0.1) is 0 Å². The molecule has 0 radical (unpaired) electrons. The van der Waals surface area contributed by atoms with Gasteiger partial charge in [-0.25, -0.2) is 4.79 Å². The highest BCUT2D eigenvalue weighted by molar-refractivity contribution is 5.78. The molecule has 34 heavy (non-hydrogen) atoms. The summed E-state index contributed by atoms with van der Waals surface area (Å²) in [5, 5.41) is 0. The maximum absolute atomic E-state index is 12.6. The Labute approximate surface area is 199 Å². The van der Waals surface area contributed by atoms with E-state index in [2.05, 4.69) is 0 Å². The molecule has 0 aliphatic carbocycles. The van der Waals surface area contributed by atoms with E-state index in [4.69, 9.17) is 28.4 Å². The molecule has 0 amide bonds. The van der Waals surface area contributed by atoms with Crippen molar-refractivity contribution in [3.05, 3.63) is 0 Å². The second kappa shape index (κ2) is 12.7.